The van der Waals surface area contributed by atoms with E-state index in [1.165, 1.54) is 16.5 Å². The molecule has 5 heteroatoms. The fourth-order valence-electron chi connectivity index (χ4n) is 3.09. The van der Waals surface area contributed by atoms with Crippen molar-refractivity contribution in [1.82, 2.24) is 14.8 Å². The lowest BCUT2D eigenvalue weighted by Gasteiger charge is -2.26. The number of nitrogens with zero attached hydrogens (tertiary/aromatic N) is 2. The number of nitrogens with one attached hydrogen (secondary N) is 1. The number of rotatable bonds is 2. The van der Waals surface area contributed by atoms with Gasteiger partial charge in [-0.2, -0.15) is 0 Å². The Bertz CT molecular complexity index is 644. The number of piperazine rings is 1. The molecule has 0 bridgehead atoms. The Labute approximate surface area is 118 Å². The quantitative estimate of drug-likeness (QED) is 0.895. The third-order valence-corrected chi connectivity index (χ3v) is 4.17. The Morgan fingerprint density at radius 3 is 2.70 bits per heavy atom. The zero-order valence-electron chi connectivity index (χ0n) is 11.7. The van der Waals surface area contributed by atoms with Gasteiger partial charge in [0.25, 0.3) is 0 Å². The molecule has 1 saturated heterocycles. The lowest BCUT2D eigenvalue weighted by Crippen LogP contribution is -2.42. The molecule has 0 saturated carbocycles. The summed E-state index contributed by atoms with van der Waals surface area (Å²) < 4.78 is 13.1. The molecule has 1 fully saturated rings. The maximum Gasteiger partial charge on any atom is 0.231 e. The summed E-state index contributed by atoms with van der Waals surface area (Å²) in [6.45, 7) is 5.72. The molecular formula is C15H19N3O2. The van der Waals surface area contributed by atoms with E-state index >= 15 is 0 Å². The SMILES string of the molecule is Cn1cc(CN2CCNCC2)c2cc3c(cc21)OCO3. The minimum absolute atomic E-state index is 0.332. The summed E-state index contributed by atoms with van der Waals surface area (Å²) in [5.41, 5.74) is 2.57. The maximum atomic E-state index is 5.51. The second-order valence-corrected chi connectivity index (χ2v) is 5.51. The number of ether oxygens (including phenoxy) is 2. The van der Waals surface area contributed by atoms with Crippen LogP contribution < -0.4 is 14.8 Å². The lowest BCUT2D eigenvalue weighted by molar-refractivity contribution is 0.174. The van der Waals surface area contributed by atoms with E-state index in [1.54, 1.807) is 0 Å². The van der Waals surface area contributed by atoms with Gasteiger partial charge in [0.05, 0.1) is 5.52 Å². The van der Waals surface area contributed by atoms with Gasteiger partial charge < -0.3 is 19.4 Å². The summed E-state index contributed by atoms with van der Waals surface area (Å²) in [7, 11) is 2.09. The Morgan fingerprint density at radius 2 is 1.90 bits per heavy atom. The molecule has 2 aliphatic heterocycles. The van der Waals surface area contributed by atoms with Crippen molar-refractivity contribution in [2.75, 3.05) is 33.0 Å². The zero-order chi connectivity index (χ0) is 13.5. The molecule has 2 aliphatic rings. The molecule has 3 heterocycles. The van der Waals surface area contributed by atoms with Crippen LogP contribution >= 0.6 is 0 Å². The fraction of sp³-hybridized carbons (Fsp3) is 0.467. The molecule has 1 aromatic carbocycles. The highest BCUT2D eigenvalue weighted by atomic mass is 16.7. The molecule has 5 nitrogen and oxygen atoms in total. The van der Waals surface area contributed by atoms with Crippen molar-refractivity contribution in [2.45, 2.75) is 6.54 Å². The number of benzene rings is 1. The Morgan fingerprint density at radius 1 is 1.15 bits per heavy atom. The van der Waals surface area contributed by atoms with E-state index in [0.717, 1.165) is 44.2 Å². The van der Waals surface area contributed by atoms with Crippen LogP contribution in [-0.4, -0.2) is 42.4 Å². The standard InChI is InChI=1S/C15H19N3O2/c1-17-8-11(9-18-4-2-16-3-5-18)12-6-14-15(7-13(12)17)20-10-19-14/h6-8,16H,2-5,9-10H2,1H3. The van der Waals surface area contributed by atoms with Crippen LogP contribution in [0.25, 0.3) is 10.9 Å². The molecule has 4 rings (SSSR count). The zero-order valence-corrected chi connectivity index (χ0v) is 11.7. The van der Waals surface area contributed by atoms with Gasteiger partial charge >= 0.3 is 0 Å². The molecule has 20 heavy (non-hydrogen) atoms. The summed E-state index contributed by atoms with van der Waals surface area (Å²) in [4.78, 5) is 2.50. The van der Waals surface area contributed by atoms with Gasteiger partial charge in [0.15, 0.2) is 11.5 Å². The third kappa shape index (κ3) is 1.94. The summed E-state index contributed by atoms with van der Waals surface area (Å²) in [5.74, 6) is 1.72. The van der Waals surface area contributed by atoms with Crippen molar-refractivity contribution in [1.29, 1.82) is 0 Å². The molecule has 1 aromatic heterocycles. The number of aryl methyl sites for hydroxylation is 1. The summed E-state index contributed by atoms with van der Waals surface area (Å²) >= 11 is 0. The number of hydrogen-bond acceptors (Lipinski definition) is 4. The molecule has 0 amide bonds. The average Bonchev–Trinajstić information content (AvgIpc) is 3.04. The van der Waals surface area contributed by atoms with Crippen molar-refractivity contribution < 1.29 is 9.47 Å². The van der Waals surface area contributed by atoms with Gasteiger partial charge in [-0.15, -0.1) is 0 Å². The number of fused-ring (bicyclic) bond motifs is 2. The third-order valence-electron chi connectivity index (χ3n) is 4.17. The first-order valence-corrected chi connectivity index (χ1v) is 7.12. The molecular weight excluding hydrogens is 254 g/mol. The molecule has 0 radical (unpaired) electrons. The Balaban J connectivity index is 1.72. The van der Waals surface area contributed by atoms with Crippen LogP contribution in [0.2, 0.25) is 0 Å². The average molecular weight is 273 g/mol. The van der Waals surface area contributed by atoms with Crippen molar-refractivity contribution in [2.24, 2.45) is 7.05 Å². The van der Waals surface area contributed by atoms with E-state index in [-0.39, 0.29) is 0 Å². The van der Waals surface area contributed by atoms with Crippen LogP contribution in [0.15, 0.2) is 18.3 Å². The second kappa shape index (κ2) is 4.68. The molecule has 0 atom stereocenters. The molecule has 1 N–H and O–H groups in total. The molecule has 2 aromatic rings. The maximum absolute atomic E-state index is 5.51. The van der Waals surface area contributed by atoms with Gasteiger partial charge in [-0.25, -0.2) is 0 Å². The van der Waals surface area contributed by atoms with Crippen LogP contribution in [0.1, 0.15) is 5.56 Å². The van der Waals surface area contributed by atoms with Gasteiger partial charge in [-0.1, -0.05) is 0 Å². The first-order chi connectivity index (χ1) is 9.81. The van der Waals surface area contributed by atoms with Crippen LogP contribution in [-0.2, 0) is 13.6 Å². The highest BCUT2D eigenvalue weighted by Gasteiger charge is 2.19. The second-order valence-electron chi connectivity index (χ2n) is 5.51. The van der Waals surface area contributed by atoms with Gasteiger partial charge in [0.1, 0.15) is 0 Å². The largest absolute Gasteiger partial charge is 0.454 e. The summed E-state index contributed by atoms with van der Waals surface area (Å²) in [6, 6.07) is 4.20. The molecule has 0 spiro atoms. The smallest absolute Gasteiger partial charge is 0.231 e. The van der Waals surface area contributed by atoms with Gasteiger partial charge in [0.2, 0.25) is 6.79 Å². The monoisotopic (exact) mass is 273 g/mol. The van der Waals surface area contributed by atoms with E-state index in [2.05, 4.69) is 40.2 Å². The van der Waals surface area contributed by atoms with Gasteiger partial charge in [0, 0.05) is 57.4 Å². The van der Waals surface area contributed by atoms with Crippen molar-refractivity contribution in [3.8, 4) is 11.5 Å². The summed E-state index contributed by atoms with van der Waals surface area (Å²) in [5, 5.41) is 4.67. The van der Waals surface area contributed by atoms with Crippen molar-refractivity contribution >= 4 is 10.9 Å². The molecule has 0 unspecified atom stereocenters. The van der Waals surface area contributed by atoms with E-state index in [4.69, 9.17) is 9.47 Å². The topological polar surface area (TPSA) is 38.7 Å². The van der Waals surface area contributed by atoms with E-state index in [1.807, 2.05) is 0 Å². The van der Waals surface area contributed by atoms with Crippen LogP contribution in [0.3, 0.4) is 0 Å². The van der Waals surface area contributed by atoms with Crippen LogP contribution in [0, 0.1) is 0 Å². The minimum atomic E-state index is 0.332. The highest BCUT2D eigenvalue weighted by Crippen LogP contribution is 2.37. The van der Waals surface area contributed by atoms with E-state index < -0.39 is 0 Å². The van der Waals surface area contributed by atoms with Gasteiger partial charge in [-0.3, -0.25) is 4.90 Å². The lowest BCUT2D eigenvalue weighted by atomic mass is 10.1. The molecule has 106 valence electrons. The Kier molecular flexibility index (Phi) is 2.82. The van der Waals surface area contributed by atoms with Gasteiger partial charge in [-0.05, 0) is 11.6 Å². The summed E-state index contributed by atoms with van der Waals surface area (Å²) in [6.07, 6.45) is 2.22. The predicted molar refractivity (Wildman–Crippen MR) is 77.2 cm³/mol. The van der Waals surface area contributed by atoms with E-state index in [0.29, 0.717) is 6.79 Å². The Hall–Kier alpha value is -1.72. The van der Waals surface area contributed by atoms with Crippen LogP contribution in [0.5, 0.6) is 11.5 Å². The first-order valence-electron chi connectivity index (χ1n) is 7.12. The predicted octanol–water partition coefficient (Wildman–Crippen LogP) is 1.31. The minimum Gasteiger partial charge on any atom is -0.454 e. The normalized spacial score (nSPS) is 18.9. The van der Waals surface area contributed by atoms with E-state index in [9.17, 15) is 0 Å². The fourth-order valence-corrected chi connectivity index (χ4v) is 3.09. The molecule has 0 aliphatic carbocycles. The van der Waals surface area contributed by atoms with Crippen LogP contribution in [0.4, 0.5) is 0 Å². The number of aromatic nitrogens is 1. The van der Waals surface area contributed by atoms with Crippen molar-refractivity contribution in [3.05, 3.63) is 23.9 Å². The van der Waals surface area contributed by atoms with Crippen molar-refractivity contribution in [3.63, 3.8) is 0 Å². The number of hydrogen-bond donors (Lipinski definition) is 1. The highest BCUT2D eigenvalue weighted by molar-refractivity contribution is 5.87. The first kappa shape index (κ1) is 12.1.